The van der Waals surface area contributed by atoms with Crippen molar-refractivity contribution in [1.29, 1.82) is 0 Å². The van der Waals surface area contributed by atoms with Crippen LogP contribution in [0.4, 0.5) is 14.5 Å². The largest absolute Gasteiger partial charge is 0.319 e. The van der Waals surface area contributed by atoms with Gasteiger partial charge in [-0.25, -0.2) is 8.78 Å². The Morgan fingerprint density at radius 3 is 2.35 bits per heavy atom. The molecule has 0 spiro atoms. The quantitative estimate of drug-likeness (QED) is 0.847. The van der Waals surface area contributed by atoms with Crippen molar-refractivity contribution >= 4 is 17.4 Å². The first-order valence-electron chi connectivity index (χ1n) is 8.54. The van der Waals surface area contributed by atoms with Gasteiger partial charge in [0.2, 0.25) is 0 Å². The smallest absolute Gasteiger partial charge is 0.255 e. The molecule has 1 saturated heterocycles. The van der Waals surface area contributed by atoms with Gasteiger partial charge in [0.1, 0.15) is 5.82 Å². The van der Waals surface area contributed by atoms with E-state index in [1.807, 2.05) is 7.05 Å². The number of halogens is 2. The highest BCUT2D eigenvalue weighted by Gasteiger charge is 2.27. The first kappa shape index (κ1) is 18.2. The third-order valence-corrected chi connectivity index (χ3v) is 4.71. The van der Waals surface area contributed by atoms with E-state index in [1.54, 1.807) is 6.07 Å². The van der Waals surface area contributed by atoms with Gasteiger partial charge in [0, 0.05) is 11.5 Å². The molecule has 1 N–H and O–H groups in total. The number of benzene rings is 2. The Morgan fingerprint density at radius 1 is 1.04 bits per heavy atom. The van der Waals surface area contributed by atoms with E-state index in [0.29, 0.717) is 12.8 Å². The highest BCUT2D eigenvalue weighted by molar-refractivity contribution is 6.05. The van der Waals surface area contributed by atoms with Crippen LogP contribution in [0.1, 0.15) is 33.6 Å². The molecule has 0 bridgehead atoms. The summed E-state index contributed by atoms with van der Waals surface area (Å²) >= 11 is 0. The molecule has 136 valence electrons. The van der Waals surface area contributed by atoms with Crippen LogP contribution in [-0.2, 0) is 0 Å². The van der Waals surface area contributed by atoms with E-state index in [1.165, 1.54) is 24.3 Å². The van der Waals surface area contributed by atoms with E-state index in [-0.39, 0.29) is 28.5 Å². The molecule has 0 atom stereocenters. The summed E-state index contributed by atoms with van der Waals surface area (Å²) in [5.41, 5.74) is 0.146. The van der Waals surface area contributed by atoms with Crippen molar-refractivity contribution < 1.29 is 18.4 Å². The number of hydrogen-bond donors (Lipinski definition) is 1. The van der Waals surface area contributed by atoms with Crippen molar-refractivity contribution in [3.05, 3.63) is 65.2 Å². The number of hydrogen-bond acceptors (Lipinski definition) is 3. The van der Waals surface area contributed by atoms with Crippen LogP contribution in [0.25, 0.3) is 0 Å². The predicted octanol–water partition coefficient (Wildman–Crippen LogP) is 3.74. The third kappa shape index (κ3) is 3.96. The molecule has 2 aromatic carbocycles. The Balaban J connectivity index is 1.77. The maximum Gasteiger partial charge on any atom is 0.255 e. The number of carbonyl (C=O) groups is 2. The molecule has 2 aromatic rings. The standard InChI is InChI=1S/C20H20F2N2O2/c1-24-11-9-13(10-12-24)19(25)16-3-2-4-17(18(16)22)23-20(26)14-5-7-15(21)8-6-14/h2-8,13H,9-12H2,1H3,(H,23,26). The van der Waals surface area contributed by atoms with E-state index >= 15 is 0 Å². The molecule has 1 aliphatic rings. The topological polar surface area (TPSA) is 49.4 Å². The number of Topliss-reactive ketones (excluding diaryl/α,β-unsaturated/α-hetero) is 1. The number of nitrogens with one attached hydrogen (secondary N) is 1. The van der Waals surface area contributed by atoms with Crippen LogP contribution in [0.3, 0.4) is 0 Å². The Bertz CT molecular complexity index is 813. The van der Waals surface area contributed by atoms with Crippen LogP contribution >= 0.6 is 0 Å². The monoisotopic (exact) mass is 358 g/mol. The zero-order valence-corrected chi connectivity index (χ0v) is 14.5. The molecule has 4 nitrogen and oxygen atoms in total. The molecule has 0 radical (unpaired) electrons. The number of amides is 1. The summed E-state index contributed by atoms with van der Waals surface area (Å²) in [6.07, 6.45) is 1.39. The Kier molecular flexibility index (Phi) is 5.42. The van der Waals surface area contributed by atoms with Crippen LogP contribution in [0.5, 0.6) is 0 Å². The number of piperidine rings is 1. The fourth-order valence-electron chi connectivity index (χ4n) is 3.11. The zero-order chi connectivity index (χ0) is 18.7. The van der Waals surface area contributed by atoms with Crippen LogP contribution in [-0.4, -0.2) is 36.7 Å². The minimum atomic E-state index is -0.730. The van der Waals surface area contributed by atoms with Gasteiger partial charge < -0.3 is 10.2 Å². The van der Waals surface area contributed by atoms with E-state index in [2.05, 4.69) is 10.2 Å². The predicted molar refractivity (Wildman–Crippen MR) is 95.3 cm³/mol. The van der Waals surface area contributed by atoms with E-state index in [0.717, 1.165) is 25.2 Å². The summed E-state index contributed by atoms with van der Waals surface area (Å²) in [4.78, 5) is 27.0. The van der Waals surface area contributed by atoms with Crippen molar-refractivity contribution in [3.63, 3.8) is 0 Å². The molecule has 26 heavy (non-hydrogen) atoms. The molecule has 6 heteroatoms. The Hall–Kier alpha value is -2.60. The Labute approximate surface area is 150 Å². The lowest BCUT2D eigenvalue weighted by Gasteiger charge is -2.28. The second kappa shape index (κ2) is 7.74. The summed E-state index contributed by atoms with van der Waals surface area (Å²) in [5.74, 6) is -2.18. The van der Waals surface area contributed by atoms with Crippen LogP contribution in [0, 0.1) is 17.6 Å². The van der Waals surface area contributed by atoms with Crippen LogP contribution < -0.4 is 5.32 Å². The number of rotatable bonds is 4. The Morgan fingerprint density at radius 2 is 1.69 bits per heavy atom. The minimum absolute atomic E-state index is 0.00328. The van der Waals surface area contributed by atoms with Gasteiger partial charge in [0.05, 0.1) is 11.3 Å². The molecular weight excluding hydrogens is 338 g/mol. The average Bonchev–Trinajstić information content (AvgIpc) is 2.64. The van der Waals surface area contributed by atoms with E-state index in [9.17, 15) is 18.4 Å². The first-order chi connectivity index (χ1) is 12.5. The van der Waals surface area contributed by atoms with Crippen LogP contribution in [0.15, 0.2) is 42.5 Å². The molecule has 1 heterocycles. The van der Waals surface area contributed by atoms with Crippen molar-refractivity contribution in [2.24, 2.45) is 5.92 Å². The van der Waals surface area contributed by atoms with Gasteiger partial charge in [-0.1, -0.05) is 6.07 Å². The number of nitrogens with zero attached hydrogens (tertiary/aromatic N) is 1. The van der Waals surface area contributed by atoms with Crippen LogP contribution in [0.2, 0.25) is 0 Å². The molecule has 0 unspecified atom stereocenters. The van der Waals surface area contributed by atoms with Gasteiger partial charge in [0.25, 0.3) is 5.91 Å². The van der Waals surface area contributed by atoms with E-state index < -0.39 is 17.5 Å². The number of likely N-dealkylation sites (tertiary alicyclic amines) is 1. The van der Waals surface area contributed by atoms with Gasteiger partial charge in [-0.15, -0.1) is 0 Å². The summed E-state index contributed by atoms with van der Waals surface area (Å²) in [5, 5.41) is 2.45. The summed E-state index contributed by atoms with van der Waals surface area (Å²) < 4.78 is 27.7. The lowest BCUT2D eigenvalue weighted by Crippen LogP contribution is -2.33. The van der Waals surface area contributed by atoms with Crippen molar-refractivity contribution in [3.8, 4) is 0 Å². The highest BCUT2D eigenvalue weighted by Crippen LogP contribution is 2.26. The summed E-state index contributed by atoms with van der Waals surface area (Å²) in [7, 11) is 1.99. The summed E-state index contributed by atoms with van der Waals surface area (Å²) in [6, 6.07) is 9.35. The fourth-order valence-corrected chi connectivity index (χ4v) is 3.11. The number of ketones is 1. The number of carbonyl (C=O) groups excluding carboxylic acids is 2. The molecule has 3 rings (SSSR count). The second-order valence-electron chi connectivity index (χ2n) is 6.57. The van der Waals surface area contributed by atoms with Crippen molar-refractivity contribution in [2.45, 2.75) is 12.8 Å². The van der Waals surface area contributed by atoms with Crippen molar-refractivity contribution in [1.82, 2.24) is 4.90 Å². The zero-order valence-electron chi connectivity index (χ0n) is 14.5. The van der Waals surface area contributed by atoms with Gasteiger partial charge in [-0.2, -0.15) is 0 Å². The lowest BCUT2D eigenvalue weighted by molar-refractivity contribution is 0.0852. The molecule has 0 saturated carbocycles. The minimum Gasteiger partial charge on any atom is -0.319 e. The molecule has 0 aliphatic carbocycles. The third-order valence-electron chi connectivity index (χ3n) is 4.71. The maximum absolute atomic E-state index is 14.8. The van der Waals surface area contributed by atoms with E-state index in [4.69, 9.17) is 0 Å². The first-order valence-corrected chi connectivity index (χ1v) is 8.54. The van der Waals surface area contributed by atoms with Gasteiger partial charge in [-0.05, 0) is 69.4 Å². The normalized spacial score (nSPS) is 15.7. The number of anilines is 1. The summed E-state index contributed by atoms with van der Waals surface area (Å²) in [6.45, 7) is 1.61. The average molecular weight is 358 g/mol. The van der Waals surface area contributed by atoms with Gasteiger partial charge in [-0.3, -0.25) is 9.59 Å². The molecular formula is C20H20F2N2O2. The second-order valence-corrected chi connectivity index (χ2v) is 6.57. The lowest BCUT2D eigenvalue weighted by atomic mass is 9.88. The molecule has 1 fully saturated rings. The fraction of sp³-hybridized carbons (Fsp3) is 0.300. The van der Waals surface area contributed by atoms with Gasteiger partial charge >= 0.3 is 0 Å². The molecule has 1 amide bonds. The highest BCUT2D eigenvalue weighted by atomic mass is 19.1. The SMILES string of the molecule is CN1CCC(C(=O)c2cccc(NC(=O)c3ccc(F)cc3)c2F)CC1. The maximum atomic E-state index is 14.8. The molecule has 1 aliphatic heterocycles. The van der Waals surface area contributed by atoms with Crippen molar-refractivity contribution in [2.75, 3.05) is 25.5 Å². The van der Waals surface area contributed by atoms with Gasteiger partial charge in [0.15, 0.2) is 11.6 Å². The molecule has 0 aromatic heterocycles.